The molecule has 4 N–H and O–H groups in total. The third-order valence-corrected chi connectivity index (χ3v) is 6.74. The van der Waals surface area contributed by atoms with E-state index in [1.165, 1.54) is 30.7 Å². The van der Waals surface area contributed by atoms with Crippen LogP contribution in [0.4, 0.5) is 0 Å². The molecule has 0 saturated carbocycles. The molecule has 3 rings (SSSR count). The molecule has 1 saturated heterocycles. The molecule has 1 amide bonds. The summed E-state index contributed by atoms with van der Waals surface area (Å²) in [6.45, 7) is 2.92. The summed E-state index contributed by atoms with van der Waals surface area (Å²) in [5.41, 5.74) is 3.76. The number of nitrogens with two attached hydrogens (primary N) is 1. The van der Waals surface area contributed by atoms with Gasteiger partial charge in [-0.3, -0.25) is 4.79 Å². The van der Waals surface area contributed by atoms with Crippen molar-refractivity contribution in [2.24, 2.45) is 5.73 Å². The zero-order chi connectivity index (χ0) is 20.9. The van der Waals surface area contributed by atoms with Crippen molar-refractivity contribution < 1.29 is 18.3 Å². The lowest BCUT2D eigenvalue weighted by molar-refractivity contribution is -0.133. The number of carbonyl (C=O) groups excluding carboxylic acids is 1. The Labute approximate surface area is 171 Å². The Morgan fingerprint density at radius 2 is 1.69 bits per heavy atom. The molecular weight excluding hydrogens is 390 g/mol. The van der Waals surface area contributed by atoms with E-state index in [0.717, 1.165) is 25.9 Å². The number of sulfonamides is 1. The molecule has 1 atom stereocenters. The first kappa shape index (κ1) is 21.4. The molecule has 29 heavy (non-hydrogen) atoms. The van der Waals surface area contributed by atoms with Gasteiger partial charge in [-0.25, -0.2) is 13.1 Å². The van der Waals surface area contributed by atoms with Crippen molar-refractivity contribution in [3.8, 4) is 0 Å². The Morgan fingerprint density at radius 1 is 1.03 bits per heavy atom. The van der Waals surface area contributed by atoms with E-state index in [9.17, 15) is 18.3 Å². The second-order valence-electron chi connectivity index (χ2n) is 7.27. The first-order chi connectivity index (χ1) is 13.8. The highest BCUT2D eigenvalue weighted by Gasteiger charge is 2.38. The number of hydrogen-bond acceptors (Lipinski definition) is 5. The van der Waals surface area contributed by atoms with Gasteiger partial charge in [0.2, 0.25) is 10.0 Å². The van der Waals surface area contributed by atoms with Crippen molar-refractivity contribution in [3.63, 3.8) is 0 Å². The van der Waals surface area contributed by atoms with Gasteiger partial charge < -0.3 is 15.7 Å². The standard InChI is InChI=1S/C21H27N3O4S/c22-20(25)21(26,17-8-3-1-4-9-17)18-10-7-11-19(16-18)29(27,28)23-12-15-24-13-5-2-6-14-24/h1,3-4,7-11,16,23,26H,2,5-6,12-15H2,(H2,22,25). The molecule has 1 heterocycles. The van der Waals surface area contributed by atoms with Gasteiger partial charge in [0.1, 0.15) is 0 Å². The van der Waals surface area contributed by atoms with E-state index in [1.807, 2.05) is 0 Å². The highest BCUT2D eigenvalue weighted by Crippen LogP contribution is 2.30. The fourth-order valence-electron chi connectivity index (χ4n) is 3.62. The number of nitrogens with one attached hydrogen (secondary N) is 1. The minimum atomic E-state index is -3.79. The lowest BCUT2D eigenvalue weighted by Gasteiger charge is -2.27. The fraction of sp³-hybridized carbons (Fsp3) is 0.381. The van der Waals surface area contributed by atoms with Gasteiger partial charge in [-0.2, -0.15) is 0 Å². The molecule has 2 aromatic rings. The van der Waals surface area contributed by atoms with Crippen molar-refractivity contribution >= 4 is 15.9 Å². The highest BCUT2D eigenvalue weighted by molar-refractivity contribution is 7.89. The number of aliphatic hydroxyl groups is 1. The molecule has 0 aliphatic carbocycles. The Kier molecular flexibility index (Phi) is 6.69. The smallest absolute Gasteiger partial charge is 0.258 e. The molecule has 1 unspecified atom stereocenters. The summed E-state index contributed by atoms with van der Waals surface area (Å²) in [6.07, 6.45) is 3.50. The number of primary amides is 1. The van der Waals surface area contributed by atoms with Crippen LogP contribution in [0.3, 0.4) is 0 Å². The topological polar surface area (TPSA) is 113 Å². The second kappa shape index (κ2) is 9.04. The van der Waals surface area contributed by atoms with Gasteiger partial charge in [-0.05, 0) is 49.2 Å². The minimum Gasteiger partial charge on any atom is -0.372 e. The maximum absolute atomic E-state index is 12.7. The van der Waals surface area contributed by atoms with Crippen molar-refractivity contribution in [2.45, 2.75) is 29.8 Å². The maximum atomic E-state index is 12.7. The summed E-state index contributed by atoms with van der Waals surface area (Å²) in [5, 5.41) is 11.1. The molecule has 1 fully saturated rings. The number of carbonyl (C=O) groups is 1. The molecule has 156 valence electrons. The van der Waals surface area contributed by atoms with Gasteiger partial charge in [-0.15, -0.1) is 0 Å². The molecule has 7 nitrogen and oxygen atoms in total. The van der Waals surface area contributed by atoms with Crippen LogP contribution in [-0.4, -0.2) is 50.5 Å². The average molecular weight is 418 g/mol. The highest BCUT2D eigenvalue weighted by atomic mass is 32.2. The Morgan fingerprint density at radius 3 is 2.34 bits per heavy atom. The van der Waals surface area contributed by atoms with E-state index in [1.54, 1.807) is 30.3 Å². The van der Waals surface area contributed by atoms with E-state index in [0.29, 0.717) is 13.1 Å². The largest absolute Gasteiger partial charge is 0.372 e. The number of likely N-dealkylation sites (tertiary alicyclic amines) is 1. The summed E-state index contributed by atoms with van der Waals surface area (Å²) in [5.74, 6) is -0.976. The second-order valence-corrected chi connectivity index (χ2v) is 9.04. The zero-order valence-corrected chi connectivity index (χ0v) is 17.1. The molecule has 1 aliphatic heterocycles. The van der Waals surface area contributed by atoms with Crippen LogP contribution in [0.15, 0.2) is 59.5 Å². The van der Waals surface area contributed by atoms with Gasteiger partial charge >= 0.3 is 0 Å². The van der Waals surface area contributed by atoms with Gasteiger partial charge in [0.15, 0.2) is 5.60 Å². The molecule has 0 spiro atoms. The van der Waals surface area contributed by atoms with Crippen LogP contribution in [0, 0.1) is 0 Å². The number of piperidine rings is 1. The van der Waals surface area contributed by atoms with Gasteiger partial charge in [0.05, 0.1) is 4.90 Å². The van der Waals surface area contributed by atoms with Crippen LogP contribution in [-0.2, 0) is 20.4 Å². The van der Waals surface area contributed by atoms with E-state index in [4.69, 9.17) is 5.73 Å². The van der Waals surface area contributed by atoms with Crippen LogP contribution in [0.5, 0.6) is 0 Å². The summed E-state index contributed by atoms with van der Waals surface area (Å²) in [7, 11) is -3.79. The molecule has 0 aromatic heterocycles. The summed E-state index contributed by atoms with van der Waals surface area (Å²) < 4.78 is 28.1. The van der Waals surface area contributed by atoms with E-state index in [2.05, 4.69) is 9.62 Å². The number of rotatable bonds is 8. The quantitative estimate of drug-likeness (QED) is 0.597. The van der Waals surface area contributed by atoms with Gasteiger partial charge in [0, 0.05) is 13.1 Å². The molecule has 2 aromatic carbocycles. The molecular formula is C21H27N3O4S. The summed E-state index contributed by atoms with van der Waals surface area (Å²) in [4.78, 5) is 14.3. The number of benzene rings is 2. The minimum absolute atomic E-state index is 0.0238. The molecule has 1 aliphatic rings. The van der Waals surface area contributed by atoms with Crippen LogP contribution in [0.25, 0.3) is 0 Å². The average Bonchev–Trinajstić information content (AvgIpc) is 2.74. The van der Waals surface area contributed by atoms with E-state index >= 15 is 0 Å². The van der Waals surface area contributed by atoms with Crippen molar-refractivity contribution in [3.05, 3.63) is 65.7 Å². The van der Waals surface area contributed by atoms with Crippen LogP contribution >= 0.6 is 0 Å². The zero-order valence-electron chi connectivity index (χ0n) is 16.3. The predicted octanol–water partition coefficient (Wildman–Crippen LogP) is 1.17. The molecule has 0 bridgehead atoms. The van der Waals surface area contributed by atoms with E-state index < -0.39 is 21.5 Å². The lowest BCUT2D eigenvalue weighted by atomic mass is 9.86. The first-order valence-electron chi connectivity index (χ1n) is 9.74. The van der Waals surface area contributed by atoms with Gasteiger partial charge in [-0.1, -0.05) is 48.9 Å². The van der Waals surface area contributed by atoms with Crippen LogP contribution in [0.1, 0.15) is 30.4 Å². The van der Waals surface area contributed by atoms with Crippen LogP contribution < -0.4 is 10.5 Å². The molecule has 8 heteroatoms. The molecule has 0 radical (unpaired) electrons. The Bertz CT molecular complexity index is 943. The van der Waals surface area contributed by atoms with E-state index in [-0.39, 0.29) is 16.0 Å². The first-order valence-corrected chi connectivity index (χ1v) is 11.2. The third kappa shape index (κ3) is 4.84. The van der Waals surface area contributed by atoms with Crippen molar-refractivity contribution in [1.29, 1.82) is 0 Å². The number of hydrogen-bond donors (Lipinski definition) is 3. The van der Waals surface area contributed by atoms with Gasteiger partial charge in [0.25, 0.3) is 5.91 Å². The Balaban J connectivity index is 1.81. The third-order valence-electron chi connectivity index (χ3n) is 5.28. The summed E-state index contributed by atoms with van der Waals surface area (Å²) in [6, 6.07) is 13.9. The van der Waals surface area contributed by atoms with Crippen molar-refractivity contribution in [2.75, 3.05) is 26.2 Å². The monoisotopic (exact) mass is 417 g/mol. The predicted molar refractivity (Wildman–Crippen MR) is 111 cm³/mol. The number of nitrogens with zero attached hydrogens (tertiary/aromatic N) is 1. The fourth-order valence-corrected chi connectivity index (χ4v) is 4.69. The lowest BCUT2D eigenvalue weighted by Crippen LogP contribution is -2.42. The number of amides is 1. The normalized spacial score (nSPS) is 17.6. The maximum Gasteiger partial charge on any atom is 0.258 e. The SMILES string of the molecule is NC(=O)C(O)(c1ccccc1)c1cccc(S(=O)(=O)NCCN2CCCCC2)c1. The van der Waals surface area contributed by atoms with Crippen LogP contribution in [0.2, 0.25) is 0 Å². The summed E-state index contributed by atoms with van der Waals surface area (Å²) >= 11 is 0. The Hall–Kier alpha value is -2.26. The van der Waals surface area contributed by atoms with Crippen molar-refractivity contribution in [1.82, 2.24) is 9.62 Å².